The molecule has 9 heteroatoms. The molecule has 31 heavy (non-hydrogen) atoms. The highest BCUT2D eigenvalue weighted by Crippen LogP contribution is 2.39. The summed E-state index contributed by atoms with van der Waals surface area (Å²) in [6.07, 6.45) is 3.57. The van der Waals surface area contributed by atoms with Crippen molar-refractivity contribution >= 4 is 16.6 Å². The predicted octanol–water partition coefficient (Wildman–Crippen LogP) is 4.08. The van der Waals surface area contributed by atoms with Gasteiger partial charge in [-0.15, -0.1) is 0 Å². The van der Waals surface area contributed by atoms with E-state index in [2.05, 4.69) is 10.3 Å². The lowest BCUT2D eigenvalue weighted by atomic mass is 10.1. The van der Waals surface area contributed by atoms with Crippen LogP contribution in [0.1, 0.15) is 12.8 Å². The molecule has 2 aromatic carbocycles. The molecule has 162 valence electrons. The lowest BCUT2D eigenvalue weighted by Crippen LogP contribution is -2.34. The van der Waals surface area contributed by atoms with Crippen LogP contribution >= 0.6 is 0 Å². The number of aromatic nitrogens is 1. The molecule has 0 saturated carbocycles. The van der Waals surface area contributed by atoms with E-state index in [-0.39, 0.29) is 17.5 Å². The maximum absolute atomic E-state index is 11.1. The minimum Gasteiger partial charge on any atom is -0.493 e. The van der Waals surface area contributed by atoms with E-state index in [1.165, 1.54) is 25.3 Å². The molecule has 1 aliphatic rings. The van der Waals surface area contributed by atoms with Gasteiger partial charge in [-0.3, -0.25) is 15.1 Å². The zero-order valence-electron chi connectivity index (χ0n) is 17.3. The average molecular weight is 425 g/mol. The number of nitro groups is 1. The van der Waals surface area contributed by atoms with E-state index in [0.29, 0.717) is 28.5 Å². The molecule has 0 radical (unpaired) electrons. The number of methoxy groups -OCH3 is 2. The minimum atomic E-state index is -0.499. The van der Waals surface area contributed by atoms with Gasteiger partial charge in [0.1, 0.15) is 17.6 Å². The third kappa shape index (κ3) is 4.46. The summed E-state index contributed by atoms with van der Waals surface area (Å²) in [6, 6.07) is 9.78. The van der Waals surface area contributed by atoms with Gasteiger partial charge >= 0.3 is 5.69 Å². The van der Waals surface area contributed by atoms with E-state index in [0.717, 1.165) is 31.3 Å². The first kappa shape index (κ1) is 20.7. The largest absolute Gasteiger partial charge is 0.493 e. The normalized spacial score (nSPS) is 14.3. The first-order valence-electron chi connectivity index (χ1n) is 9.93. The van der Waals surface area contributed by atoms with Crippen LogP contribution in [-0.2, 0) is 0 Å². The van der Waals surface area contributed by atoms with Crippen molar-refractivity contribution in [1.82, 2.24) is 10.3 Å². The van der Waals surface area contributed by atoms with Gasteiger partial charge in [0.25, 0.3) is 0 Å². The molecule has 1 fully saturated rings. The molecule has 1 aromatic heterocycles. The maximum atomic E-state index is 11.1. The first-order chi connectivity index (χ1) is 15.1. The fraction of sp³-hybridized carbons (Fsp3) is 0.318. The molecule has 4 rings (SSSR count). The number of piperidine rings is 1. The van der Waals surface area contributed by atoms with Crippen LogP contribution in [0, 0.1) is 10.1 Å². The van der Waals surface area contributed by atoms with E-state index in [9.17, 15) is 10.1 Å². The average Bonchev–Trinajstić information content (AvgIpc) is 2.79. The van der Waals surface area contributed by atoms with Gasteiger partial charge in [0, 0.05) is 29.8 Å². The first-order valence-corrected chi connectivity index (χ1v) is 9.93. The predicted molar refractivity (Wildman–Crippen MR) is 115 cm³/mol. The number of nitrogens with zero attached hydrogens (tertiary/aromatic N) is 2. The van der Waals surface area contributed by atoms with Crippen LogP contribution in [0.4, 0.5) is 5.69 Å². The zero-order valence-corrected chi connectivity index (χ0v) is 17.3. The van der Waals surface area contributed by atoms with Crippen LogP contribution < -0.4 is 24.3 Å². The van der Waals surface area contributed by atoms with Crippen molar-refractivity contribution in [3.63, 3.8) is 0 Å². The maximum Gasteiger partial charge on any atom is 0.311 e. The van der Waals surface area contributed by atoms with Crippen LogP contribution in [0.5, 0.6) is 28.7 Å². The number of fused-ring (bicyclic) bond motifs is 1. The Labute approximate surface area is 179 Å². The second-order valence-electron chi connectivity index (χ2n) is 7.09. The van der Waals surface area contributed by atoms with Crippen molar-refractivity contribution in [2.75, 3.05) is 27.3 Å². The van der Waals surface area contributed by atoms with Gasteiger partial charge in [-0.25, -0.2) is 0 Å². The van der Waals surface area contributed by atoms with Crippen molar-refractivity contribution in [2.45, 2.75) is 18.9 Å². The highest BCUT2D eigenvalue weighted by molar-refractivity contribution is 5.88. The summed E-state index contributed by atoms with van der Waals surface area (Å²) in [5.41, 5.74) is 0.553. The van der Waals surface area contributed by atoms with Gasteiger partial charge < -0.3 is 24.3 Å². The highest BCUT2D eigenvalue weighted by atomic mass is 16.6. The number of nitro benzene ring substituents is 1. The molecular weight excluding hydrogens is 402 g/mol. The zero-order chi connectivity index (χ0) is 21.8. The highest BCUT2D eigenvalue weighted by Gasteiger charge is 2.19. The SMILES string of the molecule is COc1cc2nccc(Oc3ccc([N+](=O)[O-])c(OC)c3)c2cc1OC1CCNCC1. The summed E-state index contributed by atoms with van der Waals surface area (Å²) < 4.78 is 22.9. The molecule has 9 nitrogen and oxygen atoms in total. The Balaban J connectivity index is 1.69. The number of nitrogens with one attached hydrogen (secondary N) is 1. The van der Waals surface area contributed by atoms with Gasteiger partial charge in [0.2, 0.25) is 5.75 Å². The van der Waals surface area contributed by atoms with Crippen molar-refractivity contribution in [1.29, 1.82) is 0 Å². The number of hydrogen-bond donors (Lipinski definition) is 1. The topological polar surface area (TPSA) is 105 Å². The second-order valence-corrected chi connectivity index (χ2v) is 7.09. The Morgan fingerprint density at radius 1 is 1.00 bits per heavy atom. The molecule has 0 bridgehead atoms. The lowest BCUT2D eigenvalue weighted by Gasteiger charge is -2.25. The van der Waals surface area contributed by atoms with Gasteiger partial charge in [0.15, 0.2) is 11.5 Å². The Kier molecular flexibility index (Phi) is 6.03. The number of pyridine rings is 1. The fourth-order valence-electron chi connectivity index (χ4n) is 3.56. The Morgan fingerprint density at radius 3 is 2.48 bits per heavy atom. The fourth-order valence-corrected chi connectivity index (χ4v) is 3.56. The molecule has 0 atom stereocenters. The van der Waals surface area contributed by atoms with Crippen molar-refractivity contribution in [3.8, 4) is 28.7 Å². The van der Waals surface area contributed by atoms with Crippen molar-refractivity contribution in [3.05, 3.63) is 52.7 Å². The summed E-state index contributed by atoms with van der Waals surface area (Å²) in [5, 5.41) is 15.2. The molecule has 3 aromatic rings. The second kappa shape index (κ2) is 9.05. The quantitative estimate of drug-likeness (QED) is 0.446. The lowest BCUT2D eigenvalue weighted by molar-refractivity contribution is -0.385. The molecule has 1 saturated heterocycles. The number of benzene rings is 2. The monoisotopic (exact) mass is 425 g/mol. The summed E-state index contributed by atoms with van der Waals surface area (Å²) >= 11 is 0. The molecule has 0 unspecified atom stereocenters. The van der Waals surface area contributed by atoms with Gasteiger partial charge in [0.05, 0.1) is 24.7 Å². The standard InChI is InChI=1S/C22H23N3O6/c1-28-20-11-15(3-4-18(20)25(26)27)31-19-7-10-24-17-13-21(29-2)22(12-16(17)19)30-14-5-8-23-9-6-14/h3-4,7,10-14,23H,5-6,8-9H2,1-2H3. The Bertz CT molecular complexity index is 1100. The van der Waals surface area contributed by atoms with E-state index in [1.807, 2.05) is 12.1 Å². The van der Waals surface area contributed by atoms with Crippen LogP contribution in [0.3, 0.4) is 0 Å². The van der Waals surface area contributed by atoms with Gasteiger partial charge in [-0.2, -0.15) is 0 Å². The van der Waals surface area contributed by atoms with Crippen molar-refractivity contribution < 1.29 is 23.9 Å². The summed E-state index contributed by atoms with van der Waals surface area (Å²) in [5.74, 6) is 2.30. The van der Waals surface area contributed by atoms with Crippen LogP contribution in [-0.4, -0.2) is 43.3 Å². The molecule has 1 aliphatic heterocycles. The summed E-state index contributed by atoms with van der Waals surface area (Å²) in [4.78, 5) is 15.0. The third-order valence-electron chi connectivity index (χ3n) is 5.14. The van der Waals surface area contributed by atoms with Gasteiger partial charge in [-0.1, -0.05) is 0 Å². The summed E-state index contributed by atoms with van der Waals surface area (Å²) in [7, 11) is 2.98. The molecule has 0 spiro atoms. The van der Waals surface area contributed by atoms with Crippen LogP contribution in [0.2, 0.25) is 0 Å². The molecule has 0 amide bonds. The van der Waals surface area contributed by atoms with Crippen LogP contribution in [0.25, 0.3) is 10.9 Å². The van der Waals surface area contributed by atoms with E-state index in [4.69, 9.17) is 18.9 Å². The minimum absolute atomic E-state index is 0.104. The number of hydrogen-bond acceptors (Lipinski definition) is 8. The van der Waals surface area contributed by atoms with Crippen molar-refractivity contribution in [2.24, 2.45) is 0 Å². The Morgan fingerprint density at radius 2 is 1.77 bits per heavy atom. The molecular formula is C22H23N3O6. The number of ether oxygens (including phenoxy) is 4. The third-order valence-corrected chi connectivity index (χ3v) is 5.14. The molecule has 1 N–H and O–H groups in total. The number of rotatable bonds is 7. The van der Waals surface area contributed by atoms with Crippen LogP contribution in [0.15, 0.2) is 42.6 Å². The van der Waals surface area contributed by atoms with E-state index >= 15 is 0 Å². The summed E-state index contributed by atoms with van der Waals surface area (Å²) in [6.45, 7) is 1.83. The van der Waals surface area contributed by atoms with E-state index in [1.54, 1.807) is 19.4 Å². The van der Waals surface area contributed by atoms with Gasteiger partial charge in [-0.05, 0) is 44.1 Å². The van der Waals surface area contributed by atoms with E-state index < -0.39 is 4.92 Å². The smallest absolute Gasteiger partial charge is 0.311 e. The molecule has 0 aliphatic carbocycles. The molecule has 2 heterocycles. The Hall–Kier alpha value is -3.59.